The number of nitriles is 1. The molecule has 7 heteroatoms. The van der Waals surface area contributed by atoms with Crippen LogP contribution in [0.15, 0.2) is 29.3 Å². The molecule has 0 spiro atoms. The summed E-state index contributed by atoms with van der Waals surface area (Å²) in [5.74, 6) is -0.416. The highest BCUT2D eigenvalue weighted by Crippen LogP contribution is 2.33. The van der Waals surface area contributed by atoms with Crippen LogP contribution >= 0.6 is 11.8 Å². The molecule has 138 valence electrons. The third-order valence-electron chi connectivity index (χ3n) is 4.75. The highest BCUT2D eigenvalue weighted by Gasteiger charge is 2.31. The Bertz CT molecular complexity index is 981. The summed E-state index contributed by atoms with van der Waals surface area (Å²) < 4.78 is 0. The number of anilines is 2. The molecule has 2 aromatic rings. The molecule has 1 aromatic heterocycles. The normalized spacial score (nSPS) is 14.2. The van der Waals surface area contributed by atoms with Gasteiger partial charge in [0, 0.05) is 5.69 Å². The predicted molar refractivity (Wildman–Crippen MR) is 106 cm³/mol. The van der Waals surface area contributed by atoms with Crippen molar-refractivity contribution in [1.82, 2.24) is 4.98 Å². The Morgan fingerprint density at radius 3 is 2.70 bits per heavy atom. The average Bonchev–Trinajstić information content (AvgIpc) is 2.65. The maximum Gasteiger partial charge on any atom is 0.244 e. The zero-order chi connectivity index (χ0) is 19.7. The highest BCUT2D eigenvalue weighted by atomic mass is 32.2. The molecule has 2 heterocycles. The lowest BCUT2D eigenvalue weighted by molar-refractivity contribution is -0.121. The summed E-state index contributed by atoms with van der Waals surface area (Å²) in [6.45, 7) is 7.47. The third-order valence-corrected chi connectivity index (χ3v) is 5.82. The molecule has 1 aromatic carbocycles. The lowest BCUT2D eigenvalue weighted by Crippen LogP contribution is -2.45. The SMILES string of the molecule is Cc1nc(SC(C)C(=O)N2CC(=O)Nc3ccccc32)c(C#N)c(C)c1C. The number of carbonyl (C=O) groups is 2. The number of pyridine rings is 1. The number of amides is 2. The number of nitrogens with zero attached hydrogens (tertiary/aromatic N) is 3. The van der Waals surface area contributed by atoms with Gasteiger partial charge in [-0.15, -0.1) is 0 Å². The van der Waals surface area contributed by atoms with Crippen LogP contribution in [0.25, 0.3) is 0 Å². The Hall–Kier alpha value is -2.85. The van der Waals surface area contributed by atoms with E-state index in [0.717, 1.165) is 16.8 Å². The number of thioether (sulfide) groups is 1. The van der Waals surface area contributed by atoms with Gasteiger partial charge in [0.25, 0.3) is 0 Å². The van der Waals surface area contributed by atoms with Crippen LogP contribution in [-0.4, -0.2) is 28.6 Å². The third kappa shape index (κ3) is 3.53. The number of hydrogen-bond donors (Lipinski definition) is 1. The molecular formula is C20H20N4O2S. The highest BCUT2D eigenvalue weighted by molar-refractivity contribution is 8.00. The van der Waals surface area contributed by atoms with E-state index >= 15 is 0 Å². The molecule has 0 radical (unpaired) electrons. The van der Waals surface area contributed by atoms with Crippen molar-refractivity contribution in [3.8, 4) is 6.07 Å². The summed E-state index contributed by atoms with van der Waals surface area (Å²) in [5, 5.41) is 12.4. The van der Waals surface area contributed by atoms with Gasteiger partial charge in [0.1, 0.15) is 17.6 Å². The number of nitrogens with one attached hydrogen (secondary N) is 1. The Morgan fingerprint density at radius 1 is 1.30 bits per heavy atom. The molecule has 2 amide bonds. The van der Waals surface area contributed by atoms with Gasteiger partial charge in [-0.2, -0.15) is 5.26 Å². The van der Waals surface area contributed by atoms with E-state index in [1.165, 1.54) is 16.7 Å². The van der Waals surface area contributed by atoms with Gasteiger partial charge >= 0.3 is 0 Å². The first kappa shape index (κ1) is 18.9. The second kappa shape index (κ2) is 7.41. The van der Waals surface area contributed by atoms with Crippen molar-refractivity contribution in [3.05, 3.63) is 46.6 Å². The first-order valence-corrected chi connectivity index (χ1v) is 9.46. The van der Waals surface area contributed by atoms with E-state index in [0.29, 0.717) is 22.0 Å². The van der Waals surface area contributed by atoms with Crippen molar-refractivity contribution in [3.63, 3.8) is 0 Å². The molecule has 0 aliphatic carbocycles. The van der Waals surface area contributed by atoms with E-state index < -0.39 is 5.25 Å². The first-order chi connectivity index (χ1) is 12.8. The standard InChI is InChI=1S/C20H20N4O2S/c1-11-12(2)15(9-21)19(22-13(11)3)27-14(4)20(26)24-10-18(25)23-16-7-5-6-8-17(16)24/h5-8,14H,10H2,1-4H3,(H,23,25). The molecule has 1 aliphatic rings. The number of fused-ring (bicyclic) bond motifs is 1. The number of carbonyl (C=O) groups excluding carboxylic acids is 2. The average molecular weight is 380 g/mol. The van der Waals surface area contributed by atoms with Crippen LogP contribution in [0.3, 0.4) is 0 Å². The number of para-hydroxylation sites is 2. The maximum atomic E-state index is 13.1. The fourth-order valence-electron chi connectivity index (χ4n) is 3.00. The molecule has 6 nitrogen and oxygen atoms in total. The second-order valence-corrected chi connectivity index (χ2v) is 7.82. The van der Waals surface area contributed by atoms with Crippen molar-refractivity contribution < 1.29 is 9.59 Å². The number of benzene rings is 1. The number of aromatic nitrogens is 1. The summed E-state index contributed by atoms with van der Waals surface area (Å²) in [6.07, 6.45) is 0. The van der Waals surface area contributed by atoms with Crippen LogP contribution in [0.4, 0.5) is 11.4 Å². The number of rotatable bonds is 3. The molecule has 0 saturated heterocycles. The van der Waals surface area contributed by atoms with E-state index in [2.05, 4.69) is 16.4 Å². The van der Waals surface area contributed by atoms with Crippen LogP contribution in [0.5, 0.6) is 0 Å². The molecular weight excluding hydrogens is 360 g/mol. The van der Waals surface area contributed by atoms with Gasteiger partial charge in [0.2, 0.25) is 11.8 Å². The molecule has 1 unspecified atom stereocenters. The van der Waals surface area contributed by atoms with Crippen LogP contribution in [0.1, 0.15) is 29.3 Å². The Balaban J connectivity index is 1.90. The predicted octanol–water partition coefficient (Wildman–Crippen LogP) is 3.34. The minimum absolute atomic E-state index is 0.0226. The van der Waals surface area contributed by atoms with Gasteiger partial charge in [-0.25, -0.2) is 4.98 Å². The minimum Gasteiger partial charge on any atom is -0.323 e. The van der Waals surface area contributed by atoms with Crippen LogP contribution < -0.4 is 10.2 Å². The molecule has 1 aliphatic heterocycles. The van der Waals surface area contributed by atoms with Crippen molar-refractivity contribution in [2.75, 3.05) is 16.8 Å². The molecule has 0 bridgehead atoms. The number of hydrogen-bond acceptors (Lipinski definition) is 5. The molecule has 0 fully saturated rings. The molecule has 3 rings (SSSR count). The quantitative estimate of drug-likeness (QED) is 0.826. The topological polar surface area (TPSA) is 86.1 Å². The Morgan fingerprint density at radius 2 is 2.00 bits per heavy atom. The van der Waals surface area contributed by atoms with Crippen molar-refractivity contribution >= 4 is 35.0 Å². The summed E-state index contributed by atoms with van der Waals surface area (Å²) in [7, 11) is 0. The van der Waals surface area contributed by atoms with Crippen LogP contribution in [0, 0.1) is 32.1 Å². The smallest absolute Gasteiger partial charge is 0.244 e. The minimum atomic E-state index is -0.495. The molecule has 0 saturated carbocycles. The van der Waals surface area contributed by atoms with Gasteiger partial charge in [0.05, 0.1) is 22.2 Å². The largest absolute Gasteiger partial charge is 0.323 e. The van der Waals surface area contributed by atoms with Gasteiger partial charge < -0.3 is 5.32 Å². The fraction of sp³-hybridized carbons (Fsp3) is 0.300. The summed E-state index contributed by atoms with van der Waals surface area (Å²) in [6, 6.07) is 9.43. The Labute approximate surface area is 162 Å². The first-order valence-electron chi connectivity index (χ1n) is 8.58. The van der Waals surface area contributed by atoms with Gasteiger partial charge in [0.15, 0.2) is 0 Å². The van der Waals surface area contributed by atoms with Crippen LogP contribution in [-0.2, 0) is 9.59 Å². The van der Waals surface area contributed by atoms with E-state index in [4.69, 9.17) is 0 Å². The van der Waals surface area contributed by atoms with Gasteiger partial charge in [-0.3, -0.25) is 14.5 Å². The van der Waals surface area contributed by atoms with Crippen molar-refractivity contribution in [2.45, 2.75) is 38.0 Å². The Kier molecular flexibility index (Phi) is 5.19. The lowest BCUT2D eigenvalue weighted by atomic mass is 10.1. The van der Waals surface area contributed by atoms with Gasteiger partial charge in [-0.05, 0) is 51.0 Å². The summed E-state index contributed by atoms with van der Waals surface area (Å²) in [4.78, 5) is 31.1. The lowest BCUT2D eigenvalue weighted by Gasteiger charge is -2.30. The monoisotopic (exact) mass is 380 g/mol. The van der Waals surface area contributed by atoms with E-state index in [1.807, 2.05) is 39.0 Å². The van der Waals surface area contributed by atoms with Gasteiger partial charge in [-0.1, -0.05) is 23.9 Å². The maximum absolute atomic E-state index is 13.1. The zero-order valence-corrected chi connectivity index (χ0v) is 16.5. The summed E-state index contributed by atoms with van der Waals surface area (Å²) in [5.41, 5.74) is 4.51. The van der Waals surface area contributed by atoms with Crippen molar-refractivity contribution in [1.29, 1.82) is 5.26 Å². The molecule has 1 atom stereocenters. The second-order valence-electron chi connectivity index (χ2n) is 6.49. The van der Waals surface area contributed by atoms with E-state index in [-0.39, 0.29) is 18.4 Å². The number of aryl methyl sites for hydroxylation is 1. The summed E-state index contributed by atoms with van der Waals surface area (Å²) >= 11 is 1.25. The zero-order valence-electron chi connectivity index (χ0n) is 15.7. The van der Waals surface area contributed by atoms with E-state index in [9.17, 15) is 14.9 Å². The van der Waals surface area contributed by atoms with Crippen molar-refractivity contribution in [2.24, 2.45) is 0 Å². The van der Waals surface area contributed by atoms with E-state index in [1.54, 1.807) is 13.0 Å². The molecule has 27 heavy (non-hydrogen) atoms. The van der Waals surface area contributed by atoms with Crippen LogP contribution in [0.2, 0.25) is 0 Å². The molecule has 1 N–H and O–H groups in total. The fourth-order valence-corrected chi connectivity index (χ4v) is 4.06.